The van der Waals surface area contributed by atoms with E-state index in [1.807, 2.05) is 0 Å². The molecule has 2 aliphatic rings. The van der Waals surface area contributed by atoms with Crippen LogP contribution in [-0.2, 0) is 14.6 Å². The van der Waals surface area contributed by atoms with Crippen LogP contribution in [0.5, 0.6) is 0 Å². The van der Waals surface area contributed by atoms with E-state index in [2.05, 4.69) is 25.6 Å². The lowest BCUT2D eigenvalue weighted by atomic mass is 10.1. The fourth-order valence-electron chi connectivity index (χ4n) is 4.15. The summed E-state index contributed by atoms with van der Waals surface area (Å²) in [7, 11) is -5.58. The van der Waals surface area contributed by atoms with Gasteiger partial charge in [0.15, 0.2) is 0 Å². The lowest BCUT2D eigenvalue weighted by molar-refractivity contribution is -0.119. The van der Waals surface area contributed by atoms with Gasteiger partial charge in [-0.15, -0.1) is 10.2 Å². The molecular formula is C19H14F3N7O4S. The first-order valence-electron chi connectivity index (χ1n) is 9.78. The molecule has 0 radical (unpaired) electrons. The Morgan fingerprint density at radius 1 is 1.15 bits per heavy atom. The molecule has 1 aliphatic heterocycles. The summed E-state index contributed by atoms with van der Waals surface area (Å²) in [5, 5.41) is 13.6. The summed E-state index contributed by atoms with van der Waals surface area (Å²) in [5.41, 5.74) is -6.12. The normalized spacial score (nSPS) is 22.6. The van der Waals surface area contributed by atoms with E-state index < -0.39 is 37.7 Å². The molecule has 1 saturated heterocycles. The Hall–Kier alpha value is -3.88. The number of aromatic amines is 1. The lowest BCUT2D eigenvalue weighted by Crippen LogP contribution is -2.39. The van der Waals surface area contributed by atoms with Crippen LogP contribution in [0.15, 0.2) is 47.6 Å². The Bertz CT molecular complexity index is 1410. The van der Waals surface area contributed by atoms with Crippen molar-refractivity contribution < 1.29 is 31.2 Å². The molecule has 3 aromatic rings. The van der Waals surface area contributed by atoms with E-state index in [4.69, 9.17) is 0 Å². The SMILES string of the molecule is CC1CC12C(=O)N(c1ccc(S(=O)(=O)C(F)(F)F)cc1)C(=O)N2c1ccncc1-c1nn[nH]n1. The number of hydrogen-bond donors (Lipinski definition) is 1. The quantitative estimate of drug-likeness (QED) is 0.546. The van der Waals surface area contributed by atoms with E-state index in [9.17, 15) is 31.2 Å². The molecule has 1 saturated carbocycles. The van der Waals surface area contributed by atoms with E-state index in [0.717, 1.165) is 17.0 Å². The van der Waals surface area contributed by atoms with Crippen LogP contribution in [0.4, 0.5) is 29.3 Å². The second kappa shape index (κ2) is 7.06. The van der Waals surface area contributed by atoms with Gasteiger partial charge in [0, 0.05) is 12.4 Å². The standard InChI is InChI=1S/C19H14F3N7O4S/c1-10-8-18(10)16(30)28(11-2-4-12(5-3-11)34(32,33)19(20,21)22)17(31)29(18)14-6-7-23-9-13(14)15-24-26-27-25-15/h2-7,9-10H,8H2,1H3,(H,24,25,26,27). The number of benzene rings is 1. The Labute approximate surface area is 189 Å². The number of anilines is 2. The predicted octanol–water partition coefficient (Wildman–Crippen LogP) is 2.31. The Morgan fingerprint density at radius 2 is 1.82 bits per heavy atom. The van der Waals surface area contributed by atoms with Crippen LogP contribution in [0.3, 0.4) is 0 Å². The Morgan fingerprint density at radius 3 is 2.38 bits per heavy atom. The molecular weight excluding hydrogens is 479 g/mol. The third-order valence-electron chi connectivity index (χ3n) is 5.96. The molecule has 1 N–H and O–H groups in total. The van der Waals surface area contributed by atoms with E-state index >= 15 is 0 Å². The van der Waals surface area contributed by atoms with Gasteiger partial charge in [-0.25, -0.2) is 18.1 Å². The summed E-state index contributed by atoms with van der Waals surface area (Å²) in [6.45, 7) is 1.79. The maximum atomic E-state index is 13.5. The monoisotopic (exact) mass is 493 g/mol. The van der Waals surface area contributed by atoms with Crippen molar-refractivity contribution in [1.29, 1.82) is 0 Å². The van der Waals surface area contributed by atoms with Crippen LogP contribution in [0.1, 0.15) is 13.3 Å². The van der Waals surface area contributed by atoms with Crippen LogP contribution in [0, 0.1) is 5.92 Å². The van der Waals surface area contributed by atoms with Gasteiger partial charge in [-0.2, -0.15) is 18.4 Å². The number of alkyl halides is 3. The molecule has 34 heavy (non-hydrogen) atoms. The van der Waals surface area contributed by atoms with Gasteiger partial charge in [0.05, 0.1) is 21.8 Å². The average molecular weight is 493 g/mol. The van der Waals surface area contributed by atoms with Gasteiger partial charge in [-0.1, -0.05) is 6.92 Å². The zero-order chi connectivity index (χ0) is 24.5. The molecule has 2 atom stereocenters. The minimum absolute atomic E-state index is 0.0627. The number of sulfone groups is 1. The molecule has 0 bridgehead atoms. The smallest absolute Gasteiger partial charge is 0.277 e. The van der Waals surface area contributed by atoms with Crippen molar-refractivity contribution in [1.82, 2.24) is 25.6 Å². The third kappa shape index (κ3) is 2.92. The zero-order valence-corrected chi connectivity index (χ0v) is 18.0. The predicted molar refractivity (Wildman–Crippen MR) is 109 cm³/mol. The summed E-state index contributed by atoms with van der Waals surface area (Å²) < 4.78 is 61.9. The summed E-state index contributed by atoms with van der Waals surface area (Å²) in [5.74, 6) is -0.649. The molecule has 1 spiro atoms. The minimum atomic E-state index is -5.58. The van der Waals surface area contributed by atoms with Crippen LogP contribution in [0.25, 0.3) is 11.4 Å². The van der Waals surface area contributed by atoms with Crippen molar-refractivity contribution in [3.63, 3.8) is 0 Å². The van der Waals surface area contributed by atoms with Crippen molar-refractivity contribution in [2.75, 3.05) is 9.80 Å². The number of carbonyl (C=O) groups is 2. The number of hydrogen-bond acceptors (Lipinski definition) is 8. The highest BCUT2D eigenvalue weighted by Crippen LogP contribution is 2.56. The van der Waals surface area contributed by atoms with Gasteiger partial charge in [-0.3, -0.25) is 14.7 Å². The zero-order valence-electron chi connectivity index (χ0n) is 17.2. The molecule has 176 valence electrons. The number of nitrogens with one attached hydrogen (secondary N) is 1. The number of pyridine rings is 1. The number of nitrogens with zero attached hydrogens (tertiary/aromatic N) is 6. The van der Waals surface area contributed by atoms with E-state index in [-0.39, 0.29) is 17.4 Å². The topological polar surface area (TPSA) is 142 Å². The molecule has 2 aromatic heterocycles. The van der Waals surface area contributed by atoms with Crippen LogP contribution in [-0.4, -0.2) is 57.0 Å². The number of carbonyl (C=O) groups excluding carboxylic acids is 2. The maximum Gasteiger partial charge on any atom is 0.501 e. The van der Waals surface area contributed by atoms with Gasteiger partial charge in [0.2, 0.25) is 5.82 Å². The molecule has 2 fully saturated rings. The second-order valence-electron chi connectivity index (χ2n) is 7.86. The molecule has 1 aliphatic carbocycles. The fourth-order valence-corrected chi connectivity index (χ4v) is 4.91. The van der Waals surface area contributed by atoms with E-state index in [1.165, 1.54) is 23.4 Å². The molecule has 15 heteroatoms. The van der Waals surface area contributed by atoms with Gasteiger partial charge in [0.1, 0.15) is 5.54 Å². The van der Waals surface area contributed by atoms with Gasteiger partial charge < -0.3 is 0 Å². The number of halogens is 3. The molecule has 2 unspecified atom stereocenters. The van der Waals surface area contributed by atoms with Crippen molar-refractivity contribution in [3.05, 3.63) is 42.7 Å². The number of imide groups is 1. The number of rotatable bonds is 4. The second-order valence-corrected chi connectivity index (χ2v) is 9.80. The lowest BCUT2D eigenvalue weighted by Gasteiger charge is -2.23. The van der Waals surface area contributed by atoms with Crippen LogP contribution < -0.4 is 9.80 Å². The summed E-state index contributed by atoms with van der Waals surface area (Å²) >= 11 is 0. The number of urea groups is 1. The first-order valence-corrected chi connectivity index (χ1v) is 11.3. The van der Waals surface area contributed by atoms with E-state index in [0.29, 0.717) is 29.8 Å². The Kier molecular flexibility index (Phi) is 4.55. The highest BCUT2D eigenvalue weighted by molar-refractivity contribution is 7.92. The number of amides is 3. The molecule has 1 aromatic carbocycles. The molecule has 3 heterocycles. The summed E-state index contributed by atoms with van der Waals surface area (Å²) in [4.78, 5) is 32.1. The first-order chi connectivity index (χ1) is 16.0. The largest absolute Gasteiger partial charge is 0.501 e. The van der Waals surface area contributed by atoms with Crippen molar-refractivity contribution >= 4 is 33.2 Å². The molecule has 5 rings (SSSR count). The van der Waals surface area contributed by atoms with E-state index in [1.54, 1.807) is 6.92 Å². The first kappa shape index (κ1) is 21.9. The molecule has 3 amide bonds. The van der Waals surface area contributed by atoms with Crippen molar-refractivity contribution in [3.8, 4) is 11.4 Å². The average Bonchev–Trinajstić information content (AvgIpc) is 3.12. The number of H-pyrrole nitrogens is 1. The summed E-state index contributed by atoms with van der Waals surface area (Å²) in [6.07, 6.45) is 3.19. The van der Waals surface area contributed by atoms with Gasteiger partial charge in [0.25, 0.3) is 15.7 Å². The van der Waals surface area contributed by atoms with Crippen LogP contribution in [0.2, 0.25) is 0 Å². The number of tetrazole rings is 1. The third-order valence-corrected chi connectivity index (χ3v) is 7.46. The fraction of sp³-hybridized carbons (Fsp3) is 0.263. The van der Waals surface area contributed by atoms with Gasteiger partial charge >= 0.3 is 11.5 Å². The number of aromatic nitrogens is 5. The Balaban J connectivity index is 1.57. The highest BCUT2D eigenvalue weighted by Gasteiger charge is 2.71. The minimum Gasteiger partial charge on any atom is -0.277 e. The highest BCUT2D eigenvalue weighted by atomic mass is 32.2. The van der Waals surface area contributed by atoms with Crippen molar-refractivity contribution in [2.24, 2.45) is 5.92 Å². The van der Waals surface area contributed by atoms with Crippen molar-refractivity contribution in [2.45, 2.75) is 29.3 Å². The van der Waals surface area contributed by atoms with Crippen LogP contribution >= 0.6 is 0 Å². The summed E-state index contributed by atoms with van der Waals surface area (Å²) in [6, 6.07) is 4.17. The molecule has 11 nitrogen and oxygen atoms in total. The maximum absolute atomic E-state index is 13.5. The van der Waals surface area contributed by atoms with Gasteiger partial charge in [-0.05, 0) is 47.9 Å².